The van der Waals surface area contributed by atoms with Crippen molar-refractivity contribution in [2.24, 2.45) is 0 Å². The Bertz CT molecular complexity index is 378. The summed E-state index contributed by atoms with van der Waals surface area (Å²) in [5.41, 5.74) is 0. The maximum absolute atomic E-state index is 13.8. The summed E-state index contributed by atoms with van der Waals surface area (Å²) in [5, 5.41) is 0.460. The van der Waals surface area contributed by atoms with Gasteiger partial charge in [0.25, 0.3) is 0 Å². The number of hydrogen-bond acceptors (Lipinski definition) is 1. The van der Waals surface area contributed by atoms with Gasteiger partial charge in [-0.25, -0.2) is 4.39 Å². The summed E-state index contributed by atoms with van der Waals surface area (Å²) in [4.78, 5) is 0. The monoisotopic (exact) mass is 256 g/mol. The van der Waals surface area contributed by atoms with Gasteiger partial charge < -0.3 is 4.57 Å². The number of rotatable bonds is 7. The summed E-state index contributed by atoms with van der Waals surface area (Å²) < 4.78 is 26.7. The number of benzene rings is 1. The second-order valence-corrected chi connectivity index (χ2v) is 7.65. The lowest BCUT2D eigenvalue weighted by Crippen LogP contribution is -2.14. The molecule has 1 rings (SSSR count). The Kier molecular flexibility index (Phi) is 5.91. The van der Waals surface area contributed by atoms with Crippen molar-refractivity contribution in [3.05, 3.63) is 30.1 Å². The molecule has 0 aromatic heterocycles. The van der Waals surface area contributed by atoms with Crippen LogP contribution in [0.1, 0.15) is 39.5 Å². The van der Waals surface area contributed by atoms with E-state index in [2.05, 4.69) is 13.8 Å². The summed E-state index contributed by atoms with van der Waals surface area (Å²) in [6, 6.07) is 6.55. The van der Waals surface area contributed by atoms with Crippen LogP contribution in [0.25, 0.3) is 0 Å². The van der Waals surface area contributed by atoms with E-state index in [1.54, 1.807) is 18.2 Å². The molecule has 3 heteroatoms. The van der Waals surface area contributed by atoms with Crippen LogP contribution in [0, 0.1) is 5.82 Å². The first-order chi connectivity index (χ1) is 8.14. The third-order valence-corrected chi connectivity index (χ3v) is 6.36. The molecule has 1 aromatic rings. The lowest BCUT2D eigenvalue weighted by Gasteiger charge is -2.18. The predicted molar refractivity (Wildman–Crippen MR) is 73.2 cm³/mol. The van der Waals surface area contributed by atoms with Gasteiger partial charge in [0.1, 0.15) is 13.0 Å². The smallest absolute Gasteiger partial charge is 0.133 e. The van der Waals surface area contributed by atoms with Crippen molar-refractivity contribution >= 4 is 12.4 Å². The van der Waals surface area contributed by atoms with E-state index in [1.807, 2.05) is 0 Å². The van der Waals surface area contributed by atoms with Crippen molar-refractivity contribution in [2.75, 3.05) is 12.3 Å². The van der Waals surface area contributed by atoms with E-state index in [0.717, 1.165) is 25.7 Å². The molecule has 0 fully saturated rings. The fourth-order valence-electron chi connectivity index (χ4n) is 1.96. The molecule has 0 saturated heterocycles. The van der Waals surface area contributed by atoms with E-state index in [0.29, 0.717) is 17.6 Å². The average Bonchev–Trinajstić information content (AvgIpc) is 2.34. The molecule has 0 atom stereocenters. The van der Waals surface area contributed by atoms with Crippen molar-refractivity contribution in [2.45, 2.75) is 39.5 Å². The third-order valence-electron chi connectivity index (χ3n) is 3.04. The minimum atomic E-state index is -2.52. The normalized spacial score (nSPS) is 11.7. The Balaban J connectivity index is 2.97. The molecule has 0 unspecified atom stereocenters. The second kappa shape index (κ2) is 6.96. The standard InChI is InChI=1S/C14H22FOP/c1-3-5-11-17(16,12-6-4-2)14-10-8-7-9-13(14)15/h7-10H,3-6,11-12H2,1-2H3. The van der Waals surface area contributed by atoms with Gasteiger partial charge in [-0.15, -0.1) is 0 Å². The van der Waals surface area contributed by atoms with Gasteiger partial charge in [0.15, 0.2) is 0 Å². The predicted octanol–water partition coefficient (Wildman–Crippen LogP) is 4.41. The zero-order chi connectivity index (χ0) is 12.7. The van der Waals surface area contributed by atoms with Gasteiger partial charge in [0, 0.05) is 17.6 Å². The van der Waals surface area contributed by atoms with Crippen LogP contribution in [0.5, 0.6) is 0 Å². The number of hydrogen-bond donors (Lipinski definition) is 0. The van der Waals surface area contributed by atoms with Crippen LogP contribution in [0.3, 0.4) is 0 Å². The molecule has 0 spiro atoms. The van der Waals surface area contributed by atoms with E-state index in [9.17, 15) is 8.96 Å². The minimum absolute atomic E-state index is 0.303. The molecule has 0 saturated carbocycles. The van der Waals surface area contributed by atoms with Crippen LogP contribution in [0.15, 0.2) is 24.3 Å². The lowest BCUT2D eigenvalue weighted by molar-refractivity contribution is 0.573. The fourth-order valence-corrected chi connectivity index (χ4v) is 5.14. The van der Waals surface area contributed by atoms with Crippen molar-refractivity contribution in [3.63, 3.8) is 0 Å². The summed E-state index contributed by atoms with van der Waals surface area (Å²) in [5.74, 6) is -0.303. The molecule has 1 aromatic carbocycles. The first kappa shape index (κ1) is 14.4. The zero-order valence-corrected chi connectivity index (χ0v) is 11.7. The van der Waals surface area contributed by atoms with Crippen LogP contribution in [-0.2, 0) is 4.57 Å². The van der Waals surface area contributed by atoms with E-state index >= 15 is 0 Å². The molecule has 1 nitrogen and oxygen atoms in total. The minimum Gasteiger partial charge on any atom is -0.319 e. The highest BCUT2D eigenvalue weighted by atomic mass is 31.2. The SMILES string of the molecule is CCCCP(=O)(CCCC)c1ccccc1F. The molecular weight excluding hydrogens is 234 g/mol. The summed E-state index contributed by atoms with van der Waals surface area (Å²) >= 11 is 0. The maximum atomic E-state index is 13.8. The van der Waals surface area contributed by atoms with Crippen molar-refractivity contribution < 1.29 is 8.96 Å². The molecular formula is C14H22FOP. The summed E-state index contributed by atoms with van der Waals surface area (Å²) in [6.45, 7) is 4.15. The molecule has 0 amide bonds. The average molecular weight is 256 g/mol. The molecule has 96 valence electrons. The van der Waals surface area contributed by atoms with E-state index in [-0.39, 0.29) is 5.82 Å². The third kappa shape index (κ3) is 3.96. The van der Waals surface area contributed by atoms with Crippen molar-refractivity contribution in [1.82, 2.24) is 0 Å². The Morgan fingerprint density at radius 1 is 1.06 bits per heavy atom. The molecule has 0 radical (unpaired) electrons. The highest BCUT2D eigenvalue weighted by molar-refractivity contribution is 7.71. The van der Waals surface area contributed by atoms with Crippen LogP contribution < -0.4 is 5.30 Å². The molecule has 0 heterocycles. The summed E-state index contributed by atoms with van der Waals surface area (Å²) in [7, 11) is -2.52. The Morgan fingerprint density at radius 3 is 2.06 bits per heavy atom. The molecule has 0 aliphatic rings. The summed E-state index contributed by atoms with van der Waals surface area (Å²) in [6.07, 6.45) is 5.12. The van der Waals surface area contributed by atoms with Gasteiger partial charge in [-0.3, -0.25) is 0 Å². The van der Waals surface area contributed by atoms with Crippen LogP contribution in [-0.4, -0.2) is 12.3 Å². The maximum Gasteiger partial charge on any atom is 0.133 e. The van der Waals surface area contributed by atoms with Gasteiger partial charge in [-0.05, 0) is 25.0 Å². The molecule has 0 N–H and O–H groups in total. The highest BCUT2D eigenvalue weighted by Gasteiger charge is 2.26. The number of halogens is 1. The molecule has 17 heavy (non-hydrogen) atoms. The van der Waals surface area contributed by atoms with Gasteiger partial charge >= 0.3 is 0 Å². The zero-order valence-electron chi connectivity index (χ0n) is 10.8. The van der Waals surface area contributed by atoms with Crippen molar-refractivity contribution in [1.29, 1.82) is 0 Å². The molecule has 0 bridgehead atoms. The lowest BCUT2D eigenvalue weighted by atomic mass is 10.3. The van der Waals surface area contributed by atoms with E-state index < -0.39 is 7.14 Å². The van der Waals surface area contributed by atoms with Crippen molar-refractivity contribution in [3.8, 4) is 0 Å². The Labute approximate surface area is 104 Å². The molecule has 0 aliphatic carbocycles. The quantitative estimate of drug-likeness (QED) is 0.660. The van der Waals surface area contributed by atoms with Crippen LogP contribution >= 0.6 is 7.14 Å². The Morgan fingerprint density at radius 2 is 1.59 bits per heavy atom. The highest BCUT2D eigenvalue weighted by Crippen LogP contribution is 2.46. The van der Waals surface area contributed by atoms with Gasteiger partial charge in [-0.2, -0.15) is 0 Å². The second-order valence-electron chi connectivity index (χ2n) is 4.50. The topological polar surface area (TPSA) is 17.1 Å². The largest absolute Gasteiger partial charge is 0.319 e. The first-order valence-corrected chi connectivity index (χ1v) is 8.55. The first-order valence-electron chi connectivity index (χ1n) is 6.47. The van der Waals surface area contributed by atoms with Gasteiger partial charge in [0.05, 0.1) is 0 Å². The van der Waals surface area contributed by atoms with E-state index in [4.69, 9.17) is 0 Å². The fraction of sp³-hybridized carbons (Fsp3) is 0.571. The van der Waals surface area contributed by atoms with Crippen LogP contribution in [0.4, 0.5) is 4.39 Å². The Hall–Kier alpha value is -0.620. The van der Waals surface area contributed by atoms with Gasteiger partial charge in [0.2, 0.25) is 0 Å². The van der Waals surface area contributed by atoms with Gasteiger partial charge in [-0.1, -0.05) is 38.8 Å². The number of unbranched alkanes of at least 4 members (excludes halogenated alkanes) is 2. The molecule has 0 aliphatic heterocycles. The van der Waals surface area contributed by atoms with Crippen LogP contribution in [0.2, 0.25) is 0 Å². The van der Waals surface area contributed by atoms with E-state index in [1.165, 1.54) is 6.07 Å².